The average Bonchev–Trinajstić information content (AvgIpc) is 3.26. The molecule has 2 heterocycles. The van der Waals surface area contributed by atoms with Gasteiger partial charge in [0.05, 0.1) is 41.4 Å². The lowest BCUT2D eigenvalue weighted by atomic mass is 9.85. The van der Waals surface area contributed by atoms with Gasteiger partial charge in [0.25, 0.3) is 0 Å². The molecule has 36 heavy (non-hydrogen) atoms. The molecule has 1 fully saturated rings. The van der Waals surface area contributed by atoms with E-state index >= 15 is 0 Å². The summed E-state index contributed by atoms with van der Waals surface area (Å²) >= 11 is 0. The minimum atomic E-state index is -0.724. The van der Waals surface area contributed by atoms with Crippen molar-refractivity contribution in [1.29, 1.82) is 5.26 Å². The number of nitrogens with zero attached hydrogens (tertiary/aromatic N) is 4. The summed E-state index contributed by atoms with van der Waals surface area (Å²) < 4.78 is 7.34. The number of fused-ring (bicyclic) bond motifs is 3. The van der Waals surface area contributed by atoms with E-state index in [4.69, 9.17) is 9.72 Å². The summed E-state index contributed by atoms with van der Waals surface area (Å²) in [5.74, 6) is -0.164. The average molecular weight is 487 g/mol. The highest BCUT2D eigenvalue weighted by molar-refractivity contribution is 5.95. The van der Waals surface area contributed by atoms with E-state index in [-0.39, 0.29) is 24.1 Å². The molecule has 1 aromatic heterocycles. The molecule has 8 heteroatoms. The van der Waals surface area contributed by atoms with Crippen LogP contribution in [0.5, 0.6) is 0 Å². The third-order valence-electron chi connectivity index (χ3n) is 7.80. The molecule has 5 rings (SSSR count). The summed E-state index contributed by atoms with van der Waals surface area (Å²) in [6.45, 7) is 2.02. The Morgan fingerprint density at radius 3 is 2.58 bits per heavy atom. The number of nitriles is 1. The first-order valence-electron chi connectivity index (χ1n) is 12.5. The Hall–Kier alpha value is -3.86. The highest BCUT2D eigenvalue weighted by atomic mass is 16.5. The number of aliphatic carboxylic acids is 1. The van der Waals surface area contributed by atoms with Gasteiger partial charge in [0.2, 0.25) is 0 Å². The van der Waals surface area contributed by atoms with Crippen molar-refractivity contribution in [2.24, 2.45) is 5.92 Å². The number of imidazole rings is 1. The molecule has 1 amide bonds. The number of aryl methyl sites for hydroxylation is 1. The van der Waals surface area contributed by atoms with Crippen LogP contribution in [0.3, 0.4) is 0 Å². The van der Waals surface area contributed by atoms with Crippen molar-refractivity contribution in [2.45, 2.75) is 64.0 Å². The molecule has 1 N–H and O–H groups in total. The number of hydrogen-bond donors (Lipinski definition) is 1. The predicted octanol–water partition coefficient (Wildman–Crippen LogP) is 5.22. The fraction of sp³-hybridized carbons (Fsp3) is 0.429. The van der Waals surface area contributed by atoms with Crippen LogP contribution in [-0.4, -0.2) is 39.9 Å². The number of benzene rings is 2. The second-order valence-corrected chi connectivity index (χ2v) is 9.85. The van der Waals surface area contributed by atoms with Crippen LogP contribution >= 0.6 is 0 Å². The van der Waals surface area contributed by atoms with Crippen molar-refractivity contribution in [1.82, 2.24) is 9.55 Å². The van der Waals surface area contributed by atoms with Crippen molar-refractivity contribution in [2.75, 3.05) is 12.0 Å². The SMILES string of the molecule is COC(=O)N1c2ccc3c(nc(Cc4ccccc4C#N)n3C3CCC(C(=O)O)CC3)c2CCC1C. The number of rotatable bonds is 4. The summed E-state index contributed by atoms with van der Waals surface area (Å²) in [5.41, 5.74) is 5.27. The van der Waals surface area contributed by atoms with Crippen LogP contribution in [-0.2, 0) is 22.4 Å². The van der Waals surface area contributed by atoms with Crippen LogP contribution in [0.2, 0.25) is 0 Å². The van der Waals surface area contributed by atoms with Gasteiger partial charge in [0.15, 0.2) is 0 Å². The zero-order valence-corrected chi connectivity index (χ0v) is 20.6. The van der Waals surface area contributed by atoms with E-state index in [1.54, 1.807) is 4.90 Å². The van der Waals surface area contributed by atoms with E-state index in [1.165, 1.54) is 7.11 Å². The molecule has 1 aliphatic heterocycles. The van der Waals surface area contributed by atoms with E-state index in [1.807, 2.05) is 43.3 Å². The molecular weight excluding hydrogens is 456 g/mol. The molecule has 1 aliphatic carbocycles. The second-order valence-electron chi connectivity index (χ2n) is 9.85. The lowest BCUT2D eigenvalue weighted by Crippen LogP contribution is -2.42. The number of carbonyl (C=O) groups is 2. The molecular formula is C28H30N4O4. The fourth-order valence-electron chi connectivity index (χ4n) is 5.89. The quantitative estimate of drug-likeness (QED) is 0.541. The van der Waals surface area contributed by atoms with E-state index in [0.29, 0.717) is 24.8 Å². The second kappa shape index (κ2) is 9.65. The molecule has 1 atom stereocenters. The molecule has 2 aromatic carbocycles. The van der Waals surface area contributed by atoms with Crippen LogP contribution < -0.4 is 4.90 Å². The first-order valence-corrected chi connectivity index (χ1v) is 12.5. The molecule has 2 aliphatic rings. The van der Waals surface area contributed by atoms with Crippen LogP contribution in [0.25, 0.3) is 11.0 Å². The van der Waals surface area contributed by atoms with Crippen LogP contribution in [0, 0.1) is 17.2 Å². The third-order valence-corrected chi connectivity index (χ3v) is 7.80. The number of aromatic nitrogens is 2. The van der Waals surface area contributed by atoms with E-state index in [9.17, 15) is 20.0 Å². The Balaban J connectivity index is 1.64. The van der Waals surface area contributed by atoms with E-state index in [0.717, 1.165) is 59.4 Å². The Morgan fingerprint density at radius 1 is 1.14 bits per heavy atom. The van der Waals surface area contributed by atoms with Gasteiger partial charge in [-0.15, -0.1) is 0 Å². The summed E-state index contributed by atoms with van der Waals surface area (Å²) in [6.07, 6.45) is 4.53. The Morgan fingerprint density at radius 2 is 1.89 bits per heavy atom. The van der Waals surface area contributed by atoms with Gasteiger partial charge < -0.3 is 14.4 Å². The number of hydrogen-bond acceptors (Lipinski definition) is 5. The highest BCUT2D eigenvalue weighted by Crippen LogP contribution is 2.40. The third kappa shape index (κ3) is 4.09. The van der Waals surface area contributed by atoms with Gasteiger partial charge in [-0.1, -0.05) is 18.2 Å². The lowest BCUT2D eigenvalue weighted by molar-refractivity contribution is -0.143. The zero-order valence-electron chi connectivity index (χ0n) is 20.6. The molecule has 0 radical (unpaired) electrons. The minimum Gasteiger partial charge on any atom is -0.481 e. The summed E-state index contributed by atoms with van der Waals surface area (Å²) in [4.78, 5) is 31.0. The number of ether oxygens (including phenoxy) is 1. The van der Waals surface area contributed by atoms with Crippen molar-refractivity contribution in [3.8, 4) is 6.07 Å². The summed E-state index contributed by atoms with van der Waals surface area (Å²) in [5, 5.41) is 19.1. The maximum Gasteiger partial charge on any atom is 0.414 e. The van der Waals surface area contributed by atoms with Gasteiger partial charge in [-0.05, 0) is 69.2 Å². The van der Waals surface area contributed by atoms with Gasteiger partial charge in [0, 0.05) is 24.1 Å². The largest absolute Gasteiger partial charge is 0.481 e. The van der Waals surface area contributed by atoms with Crippen LogP contribution in [0.1, 0.15) is 67.6 Å². The Bertz CT molecular complexity index is 1360. The number of carboxylic acids is 1. The maximum absolute atomic E-state index is 12.6. The topological polar surface area (TPSA) is 108 Å². The molecule has 0 saturated heterocycles. The van der Waals surface area contributed by atoms with Crippen LogP contribution in [0.15, 0.2) is 36.4 Å². The van der Waals surface area contributed by atoms with Crippen molar-refractivity contribution in [3.05, 3.63) is 58.9 Å². The normalized spacial score (nSPS) is 21.6. The van der Waals surface area contributed by atoms with Gasteiger partial charge in [-0.2, -0.15) is 5.26 Å². The van der Waals surface area contributed by atoms with E-state index in [2.05, 4.69) is 10.6 Å². The molecule has 1 unspecified atom stereocenters. The van der Waals surface area contributed by atoms with Crippen molar-refractivity contribution >= 4 is 28.8 Å². The number of anilines is 1. The van der Waals surface area contributed by atoms with Gasteiger partial charge in [0.1, 0.15) is 5.82 Å². The molecule has 0 spiro atoms. The maximum atomic E-state index is 12.6. The minimum absolute atomic E-state index is 0.0257. The van der Waals surface area contributed by atoms with Gasteiger partial charge in [-0.25, -0.2) is 9.78 Å². The number of amides is 1. The van der Waals surface area contributed by atoms with Gasteiger partial charge in [-0.3, -0.25) is 9.69 Å². The smallest absolute Gasteiger partial charge is 0.414 e. The Kier molecular flexibility index (Phi) is 6.40. The number of carboxylic acid groups (broad SMARTS) is 1. The summed E-state index contributed by atoms with van der Waals surface area (Å²) in [7, 11) is 1.40. The molecule has 0 bridgehead atoms. The van der Waals surface area contributed by atoms with Crippen molar-refractivity contribution < 1.29 is 19.4 Å². The molecule has 186 valence electrons. The van der Waals surface area contributed by atoms with Gasteiger partial charge >= 0.3 is 12.1 Å². The molecule has 1 saturated carbocycles. The number of methoxy groups -OCH3 is 1. The summed E-state index contributed by atoms with van der Waals surface area (Å²) in [6, 6.07) is 14.0. The predicted molar refractivity (Wildman–Crippen MR) is 135 cm³/mol. The highest BCUT2D eigenvalue weighted by Gasteiger charge is 2.33. The first kappa shape index (κ1) is 23.9. The standard InChI is InChI=1S/C28H30N4O4/c1-17-7-12-22-23(31(17)28(35)36-2)13-14-24-26(22)30-25(15-19-5-3-4-6-20(19)16-29)32(24)21-10-8-18(9-11-21)27(33)34/h3-6,13-14,17-18,21H,7-12,15H2,1-2H3,(H,33,34). The molecule has 3 aromatic rings. The van der Waals surface area contributed by atoms with E-state index < -0.39 is 5.97 Å². The lowest BCUT2D eigenvalue weighted by Gasteiger charge is -2.34. The first-order chi connectivity index (χ1) is 17.4. The van der Waals surface area contributed by atoms with Crippen molar-refractivity contribution in [3.63, 3.8) is 0 Å². The monoisotopic (exact) mass is 486 g/mol. The zero-order chi connectivity index (χ0) is 25.4. The fourth-order valence-corrected chi connectivity index (χ4v) is 5.89. The number of carbonyl (C=O) groups excluding carboxylic acids is 1. The molecule has 8 nitrogen and oxygen atoms in total. The van der Waals surface area contributed by atoms with Crippen LogP contribution in [0.4, 0.5) is 10.5 Å². The Labute approximate surface area is 210 Å².